The molecule has 2 saturated heterocycles. The number of aliphatic hydroxyl groups is 1. The standard InChI is InChI=1S/C12H13NO5/c1-12(17)7-4-8-9(14)2-3-13(8)10(15)6(7)5-18-11(12)16/h4,6-7,17H,2-3,5H2,1H3. The van der Waals surface area contributed by atoms with Crippen molar-refractivity contribution in [1.82, 2.24) is 4.90 Å². The average molecular weight is 251 g/mol. The Morgan fingerprint density at radius 3 is 2.89 bits per heavy atom. The summed E-state index contributed by atoms with van der Waals surface area (Å²) in [7, 11) is 0. The minimum atomic E-state index is -1.75. The van der Waals surface area contributed by atoms with Crippen LogP contribution in [-0.2, 0) is 19.1 Å². The van der Waals surface area contributed by atoms with Crippen LogP contribution in [0.2, 0.25) is 0 Å². The van der Waals surface area contributed by atoms with E-state index in [1.54, 1.807) is 6.08 Å². The first-order valence-corrected chi connectivity index (χ1v) is 5.89. The van der Waals surface area contributed by atoms with Crippen LogP contribution < -0.4 is 0 Å². The number of nitrogens with zero attached hydrogens (tertiary/aromatic N) is 1. The van der Waals surface area contributed by atoms with E-state index in [1.807, 2.05) is 0 Å². The van der Waals surface area contributed by atoms with Crippen molar-refractivity contribution < 1.29 is 24.2 Å². The number of ketones is 1. The predicted octanol–water partition coefficient (Wildman–Crippen LogP) is -0.775. The van der Waals surface area contributed by atoms with E-state index in [1.165, 1.54) is 11.8 Å². The minimum absolute atomic E-state index is 0.0348. The Labute approximate surface area is 103 Å². The van der Waals surface area contributed by atoms with E-state index >= 15 is 0 Å². The van der Waals surface area contributed by atoms with Crippen LogP contribution >= 0.6 is 0 Å². The van der Waals surface area contributed by atoms with Gasteiger partial charge in [-0.3, -0.25) is 9.59 Å². The van der Waals surface area contributed by atoms with E-state index in [-0.39, 0.29) is 18.3 Å². The molecule has 3 aliphatic heterocycles. The lowest BCUT2D eigenvalue weighted by molar-refractivity contribution is -0.187. The molecule has 3 unspecified atom stereocenters. The highest BCUT2D eigenvalue weighted by Crippen LogP contribution is 2.40. The number of amides is 1. The molecule has 3 aliphatic rings. The van der Waals surface area contributed by atoms with Crippen LogP contribution in [0.15, 0.2) is 11.8 Å². The van der Waals surface area contributed by atoms with Gasteiger partial charge in [-0.15, -0.1) is 0 Å². The number of rotatable bonds is 0. The zero-order valence-corrected chi connectivity index (χ0v) is 9.88. The molecule has 3 rings (SSSR count). The average Bonchev–Trinajstić information content (AvgIpc) is 2.68. The second-order valence-corrected chi connectivity index (χ2v) is 5.09. The first kappa shape index (κ1) is 11.4. The van der Waals surface area contributed by atoms with Crippen molar-refractivity contribution in [2.24, 2.45) is 11.8 Å². The highest BCUT2D eigenvalue weighted by Gasteiger charge is 2.55. The zero-order chi connectivity index (χ0) is 13.1. The molecule has 18 heavy (non-hydrogen) atoms. The molecule has 2 fully saturated rings. The van der Waals surface area contributed by atoms with Gasteiger partial charge in [0.2, 0.25) is 5.91 Å². The molecule has 0 aromatic rings. The Bertz CT molecular complexity index is 493. The highest BCUT2D eigenvalue weighted by atomic mass is 16.6. The molecule has 3 atom stereocenters. The van der Waals surface area contributed by atoms with Gasteiger partial charge >= 0.3 is 5.97 Å². The summed E-state index contributed by atoms with van der Waals surface area (Å²) in [4.78, 5) is 36.8. The Morgan fingerprint density at radius 2 is 2.17 bits per heavy atom. The van der Waals surface area contributed by atoms with Crippen molar-refractivity contribution in [3.63, 3.8) is 0 Å². The summed E-state index contributed by atoms with van der Waals surface area (Å²) in [5.74, 6) is -2.37. The lowest BCUT2D eigenvalue weighted by Crippen LogP contribution is -2.58. The molecule has 0 bridgehead atoms. The van der Waals surface area contributed by atoms with Crippen LogP contribution in [0.25, 0.3) is 0 Å². The van der Waals surface area contributed by atoms with Gasteiger partial charge < -0.3 is 14.7 Å². The molecule has 0 spiro atoms. The van der Waals surface area contributed by atoms with E-state index < -0.39 is 23.4 Å². The predicted molar refractivity (Wildman–Crippen MR) is 58.0 cm³/mol. The van der Waals surface area contributed by atoms with Crippen molar-refractivity contribution in [3.05, 3.63) is 11.8 Å². The molecule has 1 N–H and O–H groups in total. The van der Waals surface area contributed by atoms with Gasteiger partial charge in [0.1, 0.15) is 6.61 Å². The zero-order valence-electron chi connectivity index (χ0n) is 9.88. The van der Waals surface area contributed by atoms with E-state index in [4.69, 9.17) is 4.74 Å². The van der Waals surface area contributed by atoms with Crippen LogP contribution in [-0.4, -0.2) is 46.4 Å². The molecule has 1 amide bonds. The first-order chi connectivity index (χ1) is 8.43. The number of hydrogen-bond donors (Lipinski definition) is 1. The van der Waals surface area contributed by atoms with Crippen molar-refractivity contribution in [2.75, 3.05) is 13.2 Å². The largest absolute Gasteiger partial charge is 0.463 e. The number of hydrogen-bond acceptors (Lipinski definition) is 5. The fourth-order valence-electron chi connectivity index (χ4n) is 2.84. The Balaban J connectivity index is 2.08. The summed E-state index contributed by atoms with van der Waals surface area (Å²) in [5.41, 5.74) is -1.43. The molecule has 0 saturated carbocycles. The molecule has 0 aliphatic carbocycles. The summed E-state index contributed by atoms with van der Waals surface area (Å²) in [5, 5.41) is 10.2. The van der Waals surface area contributed by atoms with Gasteiger partial charge in [-0.25, -0.2) is 4.79 Å². The molecular weight excluding hydrogens is 238 g/mol. The topological polar surface area (TPSA) is 83.9 Å². The van der Waals surface area contributed by atoms with E-state index in [2.05, 4.69) is 0 Å². The van der Waals surface area contributed by atoms with E-state index in [0.29, 0.717) is 18.7 Å². The lowest BCUT2D eigenvalue weighted by atomic mass is 9.74. The van der Waals surface area contributed by atoms with Crippen molar-refractivity contribution in [2.45, 2.75) is 18.9 Å². The first-order valence-electron chi connectivity index (χ1n) is 5.89. The number of allylic oxidation sites excluding steroid dienone is 1. The van der Waals surface area contributed by atoms with E-state index in [0.717, 1.165) is 0 Å². The minimum Gasteiger partial charge on any atom is -0.463 e. The number of ether oxygens (including phenoxy) is 1. The number of fused-ring (bicyclic) bond motifs is 2. The van der Waals surface area contributed by atoms with Crippen molar-refractivity contribution >= 4 is 17.7 Å². The maximum Gasteiger partial charge on any atom is 0.338 e. The second-order valence-electron chi connectivity index (χ2n) is 5.09. The molecule has 0 aromatic carbocycles. The third kappa shape index (κ3) is 1.29. The van der Waals surface area contributed by atoms with Gasteiger partial charge in [0.05, 0.1) is 11.6 Å². The Morgan fingerprint density at radius 1 is 1.44 bits per heavy atom. The fourth-order valence-corrected chi connectivity index (χ4v) is 2.84. The van der Waals surface area contributed by atoms with Gasteiger partial charge in [0, 0.05) is 18.9 Å². The summed E-state index contributed by atoms with van der Waals surface area (Å²) in [6.45, 7) is 1.67. The Hall–Kier alpha value is -1.69. The van der Waals surface area contributed by atoms with Gasteiger partial charge in [-0.2, -0.15) is 0 Å². The van der Waals surface area contributed by atoms with Crippen molar-refractivity contribution in [3.8, 4) is 0 Å². The van der Waals surface area contributed by atoms with Crippen LogP contribution in [0, 0.1) is 11.8 Å². The van der Waals surface area contributed by atoms with Crippen LogP contribution in [0.1, 0.15) is 13.3 Å². The molecule has 0 aromatic heterocycles. The van der Waals surface area contributed by atoms with Gasteiger partial charge in [0.25, 0.3) is 0 Å². The van der Waals surface area contributed by atoms with Crippen LogP contribution in [0.3, 0.4) is 0 Å². The maximum atomic E-state index is 12.2. The van der Waals surface area contributed by atoms with E-state index in [9.17, 15) is 19.5 Å². The summed E-state index contributed by atoms with van der Waals surface area (Å²) in [6, 6.07) is 0. The third-order valence-electron chi connectivity index (χ3n) is 3.95. The van der Waals surface area contributed by atoms with Gasteiger partial charge in [-0.05, 0) is 13.0 Å². The fraction of sp³-hybridized carbons (Fsp3) is 0.583. The molecule has 6 nitrogen and oxygen atoms in total. The Kier molecular flexibility index (Phi) is 2.16. The second kappa shape index (κ2) is 3.41. The van der Waals surface area contributed by atoms with Gasteiger partial charge in [0.15, 0.2) is 11.4 Å². The summed E-state index contributed by atoms with van der Waals surface area (Å²) >= 11 is 0. The third-order valence-corrected chi connectivity index (χ3v) is 3.95. The summed E-state index contributed by atoms with van der Waals surface area (Å²) < 4.78 is 4.86. The van der Waals surface area contributed by atoms with Crippen LogP contribution in [0.5, 0.6) is 0 Å². The SMILES string of the molecule is CC1(O)C(=O)OCC2C(=O)N3CCC(=O)C3=CC21. The quantitative estimate of drug-likeness (QED) is 0.571. The highest BCUT2D eigenvalue weighted by molar-refractivity contribution is 6.04. The molecular formula is C12H13NO5. The number of esters is 1. The molecule has 3 heterocycles. The van der Waals surface area contributed by atoms with Crippen molar-refractivity contribution in [1.29, 1.82) is 0 Å². The molecule has 0 radical (unpaired) electrons. The maximum absolute atomic E-state index is 12.2. The monoisotopic (exact) mass is 251 g/mol. The molecule has 96 valence electrons. The normalized spacial score (nSPS) is 39.1. The number of cyclic esters (lactones) is 1. The van der Waals surface area contributed by atoms with Crippen LogP contribution in [0.4, 0.5) is 0 Å². The smallest absolute Gasteiger partial charge is 0.338 e. The lowest BCUT2D eigenvalue weighted by Gasteiger charge is -2.42. The summed E-state index contributed by atoms with van der Waals surface area (Å²) in [6.07, 6.45) is 1.86. The number of Topliss-reactive ketones (excluding diaryl/α,β-unsaturated/α-hetero) is 1. The van der Waals surface area contributed by atoms with Gasteiger partial charge in [-0.1, -0.05) is 0 Å². The number of carbonyl (C=O) groups is 3. The number of carbonyl (C=O) groups excluding carboxylic acids is 3. The molecule has 6 heteroatoms.